The number of aliphatic hydroxyl groups excluding tert-OH is 1. The molecule has 2 rings (SSSR count). The first kappa shape index (κ1) is 14.4. The van der Waals surface area contributed by atoms with Crippen LogP contribution in [0.3, 0.4) is 0 Å². The number of anilines is 1. The van der Waals surface area contributed by atoms with Gasteiger partial charge in [0.1, 0.15) is 0 Å². The van der Waals surface area contributed by atoms with Gasteiger partial charge in [0.15, 0.2) is 0 Å². The molecule has 3 heteroatoms. The van der Waals surface area contributed by atoms with Crippen LogP contribution in [-0.4, -0.2) is 37.4 Å². The lowest BCUT2D eigenvalue weighted by Crippen LogP contribution is -2.44. The minimum atomic E-state index is 0.161. The molecule has 106 valence electrons. The normalized spacial score (nSPS) is 23.2. The van der Waals surface area contributed by atoms with Crippen molar-refractivity contribution in [1.29, 1.82) is 0 Å². The standard InChI is InChI=1S/C16H26N2O/c1-4-13-5-7-14(8-6-13)18-12-16(2,3)11-17-9-15(18)10-19/h5-8,15,17,19H,4,9-12H2,1-3H3. The Morgan fingerprint density at radius 2 is 2.00 bits per heavy atom. The first-order valence-corrected chi connectivity index (χ1v) is 7.23. The summed E-state index contributed by atoms with van der Waals surface area (Å²) < 4.78 is 0. The first-order valence-electron chi connectivity index (χ1n) is 7.23. The number of aliphatic hydroxyl groups is 1. The predicted molar refractivity (Wildman–Crippen MR) is 80.7 cm³/mol. The highest BCUT2D eigenvalue weighted by molar-refractivity contribution is 5.49. The molecule has 1 fully saturated rings. The Morgan fingerprint density at radius 3 is 2.58 bits per heavy atom. The van der Waals surface area contributed by atoms with E-state index >= 15 is 0 Å². The first-order chi connectivity index (χ1) is 9.05. The molecule has 1 unspecified atom stereocenters. The molecule has 1 aromatic carbocycles. The van der Waals surface area contributed by atoms with Crippen LogP contribution in [-0.2, 0) is 6.42 Å². The fourth-order valence-corrected chi connectivity index (χ4v) is 2.72. The van der Waals surface area contributed by atoms with E-state index in [0.717, 1.165) is 26.1 Å². The smallest absolute Gasteiger partial charge is 0.0647 e. The third-order valence-electron chi connectivity index (χ3n) is 3.91. The number of nitrogens with zero attached hydrogens (tertiary/aromatic N) is 1. The highest BCUT2D eigenvalue weighted by Gasteiger charge is 2.30. The van der Waals surface area contributed by atoms with Gasteiger partial charge in [-0.2, -0.15) is 0 Å². The Morgan fingerprint density at radius 1 is 1.32 bits per heavy atom. The maximum Gasteiger partial charge on any atom is 0.0647 e. The van der Waals surface area contributed by atoms with E-state index in [1.807, 2.05) is 0 Å². The van der Waals surface area contributed by atoms with Crippen LogP contribution in [0.1, 0.15) is 26.3 Å². The summed E-state index contributed by atoms with van der Waals surface area (Å²) in [6, 6.07) is 8.91. The lowest BCUT2D eigenvalue weighted by atomic mass is 9.93. The van der Waals surface area contributed by atoms with Crippen molar-refractivity contribution in [1.82, 2.24) is 5.32 Å². The van der Waals surface area contributed by atoms with Gasteiger partial charge in [-0.3, -0.25) is 0 Å². The molecule has 1 heterocycles. The second-order valence-corrected chi connectivity index (χ2v) is 6.28. The van der Waals surface area contributed by atoms with E-state index in [9.17, 15) is 5.11 Å². The molecule has 0 aromatic heterocycles. The summed E-state index contributed by atoms with van der Waals surface area (Å²) >= 11 is 0. The summed E-state index contributed by atoms with van der Waals surface area (Å²) in [6.07, 6.45) is 1.07. The molecule has 2 N–H and O–H groups in total. The molecule has 0 saturated carbocycles. The number of hydrogen-bond donors (Lipinski definition) is 2. The quantitative estimate of drug-likeness (QED) is 0.875. The minimum absolute atomic E-state index is 0.161. The molecule has 1 aliphatic rings. The molecule has 0 spiro atoms. The molecular formula is C16H26N2O. The van der Waals surface area contributed by atoms with Crippen LogP contribution in [0.2, 0.25) is 0 Å². The van der Waals surface area contributed by atoms with Crippen molar-refractivity contribution in [3.8, 4) is 0 Å². The SMILES string of the molecule is CCc1ccc(N2CC(C)(C)CNCC2CO)cc1. The summed E-state index contributed by atoms with van der Waals surface area (Å²) in [6.45, 7) is 9.71. The van der Waals surface area contributed by atoms with Crippen molar-refractivity contribution < 1.29 is 5.11 Å². The molecule has 19 heavy (non-hydrogen) atoms. The number of aryl methyl sites for hydroxylation is 1. The topological polar surface area (TPSA) is 35.5 Å². The van der Waals surface area contributed by atoms with Gasteiger partial charge in [0.2, 0.25) is 0 Å². The molecule has 0 radical (unpaired) electrons. The van der Waals surface area contributed by atoms with Gasteiger partial charge >= 0.3 is 0 Å². The van der Waals surface area contributed by atoms with E-state index in [1.54, 1.807) is 0 Å². The van der Waals surface area contributed by atoms with Crippen LogP contribution >= 0.6 is 0 Å². The number of rotatable bonds is 3. The van der Waals surface area contributed by atoms with E-state index in [4.69, 9.17) is 0 Å². The summed E-state index contributed by atoms with van der Waals surface area (Å²) in [5.41, 5.74) is 2.79. The second kappa shape index (κ2) is 5.93. The number of nitrogens with one attached hydrogen (secondary N) is 1. The van der Waals surface area contributed by atoms with Gasteiger partial charge in [0.05, 0.1) is 12.6 Å². The van der Waals surface area contributed by atoms with Crippen molar-refractivity contribution in [2.75, 3.05) is 31.1 Å². The zero-order valence-corrected chi connectivity index (χ0v) is 12.3. The Hall–Kier alpha value is -1.06. The Labute approximate surface area is 116 Å². The zero-order valence-electron chi connectivity index (χ0n) is 12.3. The zero-order chi connectivity index (χ0) is 13.9. The minimum Gasteiger partial charge on any atom is -0.394 e. The van der Waals surface area contributed by atoms with Crippen LogP contribution in [0, 0.1) is 5.41 Å². The number of benzene rings is 1. The van der Waals surface area contributed by atoms with Crippen LogP contribution in [0.4, 0.5) is 5.69 Å². The van der Waals surface area contributed by atoms with E-state index in [-0.39, 0.29) is 18.1 Å². The summed E-state index contributed by atoms with van der Waals surface area (Å²) in [5.74, 6) is 0. The lowest BCUT2D eigenvalue weighted by Gasteiger charge is -2.35. The molecule has 3 nitrogen and oxygen atoms in total. The van der Waals surface area contributed by atoms with Crippen LogP contribution in [0.15, 0.2) is 24.3 Å². The monoisotopic (exact) mass is 262 g/mol. The molecule has 1 aromatic rings. The fraction of sp³-hybridized carbons (Fsp3) is 0.625. The Balaban J connectivity index is 2.25. The fourth-order valence-electron chi connectivity index (χ4n) is 2.72. The largest absolute Gasteiger partial charge is 0.394 e. The highest BCUT2D eigenvalue weighted by atomic mass is 16.3. The van der Waals surface area contributed by atoms with Crippen LogP contribution < -0.4 is 10.2 Å². The van der Waals surface area contributed by atoms with Gasteiger partial charge in [-0.25, -0.2) is 0 Å². The molecule has 0 bridgehead atoms. The Kier molecular flexibility index (Phi) is 4.48. The third kappa shape index (κ3) is 3.48. The van der Waals surface area contributed by atoms with Crippen molar-refractivity contribution >= 4 is 5.69 Å². The lowest BCUT2D eigenvalue weighted by molar-refractivity contribution is 0.258. The van der Waals surface area contributed by atoms with Gasteiger partial charge in [-0.15, -0.1) is 0 Å². The van der Waals surface area contributed by atoms with E-state index in [1.165, 1.54) is 11.3 Å². The molecular weight excluding hydrogens is 236 g/mol. The average molecular weight is 262 g/mol. The predicted octanol–water partition coefficient (Wildman–Crippen LogP) is 2.05. The third-order valence-corrected chi connectivity index (χ3v) is 3.91. The molecule has 1 saturated heterocycles. The van der Waals surface area contributed by atoms with Crippen molar-refractivity contribution in [3.05, 3.63) is 29.8 Å². The maximum absolute atomic E-state index is 9.64. The van der Waals surface area contributed by atoms with Crippen molar-refractivity contribution in [2.45, 2.75) is 33.2 Å². The van der Waals surface area contributed by atoms with Gasteiger partial charge in [-0.05, 0) is 29.5 Å². The van der Waals surface area contributed by atoms with Gasteiger partial charge in [0, 0.05) is 25.3 Å². The van der Waals surface area contributed by atoms with Crippen molar-refractivity contribution in [3.63, 3.8) is 0 Å². The Bertz CT molecular complexity index is 400. The van der Waals surface area contributed by atoms with Crippen LogP contribution in [0.5, 0.6) is 0 Å². The molecule has 1 aliphatic heterocycles. The highest BCUT2D eigenvalue weighted by Crippen LogP contribution is 2.26. The van der Waals surface area contributed by atoms with Gasteiger partial charge in [-0.1, -0.05) is 32.9 Å². The second-order valence-electron chi connectivity index (χ2n) is 6.28. The maximum atomic E-state index is 9.64. The summed E-state index contributed by atoms with van der Waals surface area (Å²) in [5, 5.41) is 13.1. The van der Waals surface area contributed by atoms with E-state index < -0.39 is 0 Å². The summed E-state index contributed by atoms with van der Waals surface area (Å²) in [7, 11) is 0. The molecule has 0 aliphatic carbocycles. The summed E-state index contributed by atoms with van der Waals surface area (Å²) in [4.78, 5) is 2.35. The molecule has 1 atom stereocenters. The van der Waals surface area contributed by atoms with Crippen LogP contribution in [0.25, 0.3) is 0 Å². The van der Waals surface area contributed by atoms with Crippen molar-refractivity contribution in [2.24, 2.45) is 5.41 Å². The van der Waals surface area contributed by atoms with E-state index in [0.29, 0.717) is 0 Å². The van der Waals surface area contributed by atoms with Gasteiger partial charge in [0.25, 0.3) is 0 Å². The molecule has 0 amide bonds. The average Bonchev–Trinajstić information content (AvgIpc) is 2.56. The number of hydrogen-bond acceptors (Lipinski definition) is 3. The van der Waals surface area contributed by atoms with Gasteiger partial charge < -0.3 is 15.3 Å². The van der Waals surface area contributed by atoms with E-state index in [2.05, 4.69) is 55.3 Å².